The second kappa shape index (κ2) is 7.15. The molecular formula is C20H23N5O. The number of nitrogens with zero attached hydrogens (tertiary/aromatic N) is 4. The number of rotatable bonds is 3. The van der Waals surface area contributed by atoms with Crippen LogP contribution in [0.3, 0.4) is 0 Å². The molecule has 0 atom stereocenters. The van der Waals surface area contributed by atoms with Gasteiger partial charge in [-0.15, -0.1) is 10.2 Å². The molecule has 2 N–H and O–H groups in total. The molecule has 2 aliphatic heterocycles. The molecule has 6 heteroatoms. The molecule has 1 aromatic carbocycles. The Labute approximate surface area is 153 Å². The van der Waals surface area contributed by atoms with Gasteiger partial charge in [-0.1, -0.05) is 18.6 Å². The van der Waals surface area contributed by atoms with Crippen LogP contribution in [-0.4, -0.2) is 44.8 Å². The normalized spacial score (nSPS) is 17.6. The van der Waals surface area contributed by atoms with E-state index in [9.17, 15) is 5.11 Å². The molecule has 0 saturated carbocycles. The van der Waals surface area contributed by atoms with Crippen LogP contribution in [0.15, 0.2) is 52.4 Å². The number of H-pyrrole nitrogens is 1. The second-order valence-electron chi connectivity index (χ2n) is 6.75. The van der Waals surface area contributed by atoms with E-state index in [-0.39, 0.29) is 5.75 Å². The van der Waals surface area contributed by atoms with Gasteiger partial charge < -0.3 is 10.0 Å². The molecule has 6 nitrogen and oxygen atoms in total. The Morgan fingerprint density at radius 3 is 2.69 bits per heavy atom. The minimum absolute atomic E-state index is 0.203. The van der Waals surface area contributed by atoms with Crippen LogP contribution in [0.2, 0.25) is 0 Å². The van der Waals surface area contributed by atoms with E-state index >= 15 is 0 Å². The lowest BCUT2D eigenvalue weighted by Gasteiger charge is -2.18. The van der Waals surface area contributed by atoms with Crippen molar-refractivity contribution in [3.63, 3.8) is 0 Å². The molecule has 1 saturated heterocycles. The van der Waals surface area contributed by atoms with Crippen molar-refractivity contribution in [2.75, 3.05) is 13.1 Å². The summed E-state index contributed by atoms with van der Waals surface area (Å²) in [5.74, 6) is 1.24. The number of phenolic OH excluding ortho intramolecular Hbond substituents is 1. The molecule has 0 spiro atoms. The van der Waals surface area contributed by atoms with E-state index < -0.39 is 0 Å². The number of nitrogens with one attached hydrogen (secondary N) is 1. The summed E-state index contributed by atoms with van der Waals surface area (Å²) in [7, 11) is 0. The minimum Gasteiger partial charge on any atom is -0.507 e. The van der Waals surface area contributed by atoms with Gasteiger partial charge in [-0.25, -0.2) is 0 Å². The Morgan fingerprint density at radius 1 is 1.15 bits per heavy atom. The summed E-state index contributed by atoms with van der Waals surface area (Å²) in [5, 5.41) is 26.3. The average molecular weight is 349 g/mol. The molecule has 3 heterocycles. The lowest BCUT2D eigenvalue weighted by molar-refractivity contribution is 0.474. The summed E-state index contributed by atoms with van der Waals surface area (Å²) in [6.07, 6.45) is 9.82. The zero-order valence-electron chi connectivity index (χ0n) is 14.9. The fourth-order valence-corrected chi connectivity index (χ4v) is 3.47. The van der Waals surface area contributed by atoms with Crippen molar-refractivity contribution in [2.45, 2.75) is 32.6 Å². The van der Waals surface area contributed by atoms with Crippen LogP contribution in [0.1, 0.15) is 38.2 Å². The predicted molar refractivity (Wildman–Crippen MR) is 103 cm³/mol. The van der Waals surface area contributed by atoms with Gasteiger partial charge in [0.05, 0.1) is 11.9 Å². The Hall–Kier alpha value is -2.89. The van der Waals surface area contributed by atoms with Crippen molar-refractivity contribution in [1.82, 2.24) is 15.1 Å². The minimum atomic E-state index is 0.203. The summed E-state index contributed by atoms with van der Waals surface area (Å²) >= 11 is 0. The maximum atomic E-state index is 10.6. The summed E-state index contributed by atoms with van der Waals surface area (Å²) in [4.78, 5) is 2.33. The van der Waals surface area contributed by atoms with Gasteiger partial charge in [0.2, 0.25) is 0 Å². The number of phenols is 1. The third kappa shape index (κ3) is 3.27. The summed E-state index contributed by atoms with van der Waals surface area (Å²) in [6, 6.07) is 5.62. The van der Waals surface area contributed by atoms with Gasteiger partial charge in [-0.3, -0.25) is 5.10 Å². The fraction of sp³-hybridized carbons (Fsp3) is 0.350. The number of likely N-dealkylation sites (tertiary alicyclic amines) is 1. The monoisotopic (exact) mass is 349 g/mol. The van der Waals surface area contributed by atoms with Gasteiger partial charge in [-0.05, 0) is 43.0 Å². The maximum Gasteiger partial charge on any atom is 0.131 e. The standard InChI is InChI=1S/C20H23N5O/c1-2-14-9-18(23-24-20(10-14)25-7-3-4-8-25)17-6-5-15(11-19(17)26)16-12-21-22-13-16/h5-6,9,11-13,26H,2-4,7-8,10H2,1H3,(H,21,22). The molecule has 0 amide bonds. The van der Waals surface area contributed by atoms with Crippen molar-refractivity contribution in [1.29, 1.82) is 0 Å². The van der Waals surface area contributed by atoms with Gasteiger partial charge in [0.25, 0.3) is 0 Å². The Bertz CT molecular complexity index is 874. The van der Waals surface area contributed by atoms with Gasteiger partial charge in [0, 0.05) is 36.8 Å². The molecule has 134 valence electrons. The first-order valence-electron chi connectivity index (χ1n) is 9.16. The van der Waals surface area contributed by atoms with Crippen molar-refractivity contribution in [3.05, 3.63) is 47.8 Å². The van der Waals surface area contributed by atoms with E-state index in [0.29, 0.717) is 11.3 Å². The van der Waals surface area contributed by atoms with Crippen LogP contribution in [0.5, 0.6) is 5.75 Å². The largest absolute Gasteiger partial charge is 0.507 e. The summed E-state index contributed by atoms with van der Waals surface area (Å²) < 4.78 is 0. The number of allylic oxidation sites excluding steroid dienone is 1. The molecule has 0 unspecified atom stereocenters. The first kappa shape index (κ1) is 16.6. The number of hydrogen-bond donors (Lipinski definition) is 2. The number of benzene rings is 1. The quantitative estimate of drug-likeness (QED) is 0.886. The van der Waals surface area contributed by atoms with Crippen LogP contribution in [0.25, 0.3) is 11.1 Å². The number of aromatic amines is 1. The molecule has 1 fully saturated rings. The van der Waals surface area contributed by atoms with E-state index in [4.69, 9.17) is 0 Å². The first-order chi connectivity index (χ1) is 12.7. The summed E-state index contributed by atoms with van der Waals surface area (Å²) in [6.45, 7) is 4.27. The molecule has 2 aromatic rings. The molecule has 4 rings (SSSR count). The Balaban J connectivity index is 1.69. The molecule has 0 aliphatic carbocycles. The third-order valence-corrected chi connectivity index (χ3v) is 5.03. The Kier molecular flexibility index (Phi) is 4.56. The van der Waals surface area contributed by atoms with Crippen LogP contribution in [-0.2, 0) is 0 Å². The third-order valence-electron chi connectivity index (χ3n) is 5.03. The number of hydrogen-bond acceptors (Lipinski definition) is 5. The second-order valence-corrected chi connectivity index (χ2v) is 6.75. The van der Waals surface area contributed by atoms with Gasteiger partial charge in [0.1, 0.15) is 11.6 Å². The lowest BCUT2D eigenvalue weighted by atomic mass is 10.00. The first-order valence-corrected chi connectivity index (χ1v) is 9.16. The molecule has 26 heavy (non-hydrogen) atoms. The van der Waals surface area contributed by atoms with Gasteiger partial charge in [-0.2, -0.15) is 5.10 Å². The maximum absolute atomic E-state index is 10.6. The van der Waals surface area contributed by atoms with Crippen molar-refractivity contribution in [3.8, 4) is 16.9 Å². The highest BCUT2D eigenvalue weighted by Gasteiger charge is 2.20. The fourth-order valence-electron chi connectivity index (χ4n) is 3.47. The lowest BCUT2D eigenvalue weighted by Crippen LogP contribution is -2.27. The van der Waals surface area contributed by atoms with E-state index in [2.05, 4.69) is 38.3 Å². The molecular weight excluding hydrogens is 326 g/mol. The average Bonchev–Trinajstić information content (AvgIpc) is 3.33. The topological polar surface area (TPSA) is 76.9 Å². The summed E-state index contributed by atoms with van der Waals surface area (Å²) in [5.41, 5.74) is 4.55. The van der Waals surface area contributed by atoms with Crippen LogP contribution < -0.4 is 0 Å². The van der Waals surface area contributed by atoms with Crippen LogP contribution >= 0.6 is 0 Å². The Morgan fingerprint density at radius 2 is 2.00 bits per heavy atom. The van der Waals surface area contributed by atoms with Crippen LogP contribution in [0, 0.1) is 0 Å². The van der Waals surface area contributed by atoms with E-state index in [0.717, 1.165) is 42.9 Å². The molecule has 2 aliphatic rings. The van der Waals surface area contributed by atoms with Crippen molar-refractivity contribution in [2.24, 2.45) is 10.2 Å². The number of aromatic nitrogens is 2. The molecule has 0 bridgehead atoms. The van der Waals surface area contributed by atoms with Crippen molar-refractivity contribution >= 4 is 11.5 Å². The highest BCUT2D eigenvalue weighted by Crippen LogP contribution is 2.28. The zero-order valence-corrected chi connectivity index (χ0v) is 14.9. The van der Waals surface area contributed by atoms with Gasteiger partial charge >= 0.3 is 0 Å². The SMILES string of the molecule is CCC1=CC(c2ccc(-c3cn[nH]c3)cc2O)=NN=C(N2CCCC2)C1. The van der Waals surface area contributed by atoms with Crippen molar-refractivity contribution < 1.29 is 5.11 Å². The molecule has 1 aromatic heterocycles. The highest BCUT2D eigenvalue weighted by molar-refractivity contribution is 6.12. The predicted octanol–water partition coefficient (Wildman–Crippen LogP) is 3.72. The van der Waals surface area contributed by atoms with Gasteiger partial charge in [0.15, 0.2) is 0 Å². The van der Waals surface area contributed by atoms with E-state index in [1.165, 1.54) is 18.4 Å². The van der Waals surface area contributed by atoms with Crippen LogP contribution in [0.4, 0.5) is 0 Å². The zero-order chi connectivity index (χ0) is 17.9. The number of aromatic hydroxyl groups is 1. The smallest absolute Gasteiger partial charge is 0.131 e. The van der Waals surface area contributed by atoms with E-state index in [1.54, 1.807) is 18.5 Å². The highest BCUT2D eigenvalue weighted by atomic mass is 16.3. The van der Waals surface area contributed by atoms with E-state index in [1.807, 2.05) is 12.1 Å². The number of amidine groups is 1. The molecule has 0 radical (unpaired) electrons.